The van der Waals surface area contributed by atoms with E-state index in [9.17, 15) is 9.59 Å². The van der Waals surface area contributed by atoms with Gasteiger partial charge in [0.2, 0.25) is 0 Å². The van der Waals surface area contributed by atoms with Crippen molar-refractivity contribution in [3.05, 3.63) is 88.7 Å². The Morgan fingerprint density at radius 1 is 1.00 bits per heavy atom. The number of para-hydroxylation sites is 1. The molecule has 0 aliphatic carbocycles. The van der Waals surface area contributed by atoms with Gasteiger partial charge in [-0.05, 0) is 42.5 Å². The SMILES string of the molecule is O=C(CNC(=O)c1ccc(Br)cc1)OCc1ccccc1Oc1cccnc1. The van der Waals surface area contributed by atoms with Crippen LogP contribution in [0.1, 0.15) is 15.9 Å². The van der Waals surface area contributed by atoms with Crippen LogP contribution in [0, 0.1) is 0 Å². The molecule has 6 nitrogen and oxygen atoms in total. The van der Waals surface area contributed by atoms with Gasteiger partial charge in [-0.2, -0.15) is 0 Å². The molecule has 7 heteroatoms. The van der Waals surface area contributed by atoms with Crippen molar-refractivity contribution in [2.24, 2.45) is 0 Å². The van der Waals surface area contributed by atoms with Crippen LogP contribution < -0.4 is 10.1 Å². The number of hydrogen-bond donors (Lipinski definition) is 1. The Kier molecular flexibility index (Phi) is 6.75. The number of nitrogens with one attached hydrogen (secondary N) is 1. The Hall–Kier alpha value is -3.19. The Morgan fingerprint density at radius 2 is 1.79 bits per heavy atom. The summed E-state index contributed by atoms with van der Waals surface area (Å²) in [4.78, 5) is 28.0. The number of hydrogen-bond acceptors (Lipinski definition) is 5. The average Bonchev–Trinajstić information content (AvgIpc) is 2.72. The number of esters is 1. The Labute approximate surface area is 170 Å². The van der Waals surface area contributed by atoms with Crippen LogP contribution >= 0.6 is 15.9 Å². The number of halogens is 1. The molecule has 0 fully saturated rings. The summed E-state index contributed by atoms with van der Waals surface area (Å²) >= 11 is 3.31. The number of aromatic nitrogens is 1. The Bertz CT molecular complexity index is 946. The standard InChI is InChI=1S/C21H17BrN2O4/c22-17-9-7-15(8-10-17)21(26)24-13-20(25)27-14-16-4-1-2-6-19(16)28-18-5-3-11-23-12-18/h1-12H,13-14H2,(H,24,26). The van der Waals surface area contributed by atoms with Gasteiger partial charge in [0.15, 0.2) is 0 Å². The maximum atomic E-state index is 12.0. The summed E-state index contributed by atoms with van der Waals surface area (Å²) in [5, 5.41) is 2.54. The lowest BCUT2D eigenvalue weighted by Gasteiger charge is -2.11. The highest BCUT2D eigenvalue weighted by molar-refractivity contribution is 9.10. The van der Waals surface area contributed by atoms with Crippen LogP contribution in [-0.4, -0.2) is 23.4 Å². The van der Waals surface area contributed by atoms with Crippen LogP contribution in [0.5, 0.6) is 11.5 Å². The lowest BCUT2D eigenvalue weighted by atomic mass is 10.2. The lowest BCUT2D eigenvalue weighted by Crippen LogP contribution is -2.30. The van der Waals surface area contributed by atoms with Crippen LogP contribution in [-0.2, 0) is 16.1 Å². The fourth-order valence-corrected chi connectivity index (χ4v) is 2.59. The molecule has 1 N–H and O–H groups in total. The summed E-state index contributed by atoms with van der Waals surface area (Å²) in [6.45, 7) is -0.191. The van der Waals surface area contributed by atoms with Gasteiger partial charge in [0.25, 0.3) is 5.91 Å². The number of rotatable bonds is 7. The van der Waals surface area contributed by atoms with Crippen molar-refractivity contribution in [1.29, 1.82) is 0 Å². The molecule has 142 valence electrons. The summed E-state index contributed by atoms with van der Waals surface area (Å²) in [6, 6.07) is 17.6. The smallest absolute Gasteiger partial charge is 0.325 e. The van der Waals surface area contributed by atoms with Gasteiger partial charge in [-0.15, -0.1) is 0 Å². The first-order valence-corrected chi connectivity index (χ1v) is 9.26. The van der Waals surface area contributed by atoms with Crippen LogP contribution in [0.3, 0.4) is 0 Å². The maximum absolute atomic E-state index is 12.0. The minimum Gasteiger partial charge on any atom is -0.459 e. The molecular formula is C21H17BrN2O4. The average molecular weight is 441 g/mol. The molecule has 3 rings (SSSR count). The van der Waals surface area contributed by atoms with E-state index in [1.54, 1.807) is 60.9 Å². The van der Waals surface area contributed by atoms with E-state index in [0.717, 1.165) is 4.47 Å². The third kappa shape index (κ3) is 5.65. The van der Waals surface area contributed by atoms with Crippen molar-refractivity contribution in [1.82, 2.24) is 10.3 Å². The van der Waals surface area contributed by atoms with Gasteiger partial charge in [0, 0.05) is 21.8 Å². The molecule has 1 aromatic heterocycles. The summed E-state index contributed by atoms with van der Waals surface area (Å²) in [5.41, 5.74) is 1.17. The summed E-state index contributed by atoms with van der Waals surface area (Å²) < 4.78 is 11.9. The number of carbonyl (C=O) groups excluding carboxylic acids is 2. The largest absolute Gasteiger partial charge is 0.459 e. The predicted molar refractivity (Wildman–Crippen MR) is 107 cm³/mol. The van der Waals surface area contributed by atoms with Crippen molar-refractivity contribution in [2.75, 3.05) is 6.54 Å². The molecule has 1 heterocycles. The zero-order valence-electron chi connectivity index (χ0n) is 14.8. The number of ether oxygens (including phenoxy) is 2. The van der Waals surface area contributed by atoms with E-state index in [1.165, 1.54) is 0 Å². The van der Waals surface area contributed by atoms with E-state index >= 15 is 0 Å². The monoisotopic (exact) mass is 440 g/mol. The zero-order chi connectivity index (χ0) is 19.8. The van der Waals surface area contributed by atoms with E-state index in [1.807, 2.05) is 12.1 Å². The number of benzene rings is 2. The van der Waals surface area contributed by atoms with Gasteiger partial charge in [0.1, 0.15) is 24.7 Å². The number of amides is 1. The maximum Gasteiger partial charge on any atom is 0.325 e. The van der Waals surface area contributed by atoms with Gasteiger partial charge < -0.3 is 14.8 Å². The van der Waals surface area contributed by atoms with Crippen molar-refractivity contribution < 1.29 is 19.1 Å². The third-order valence-corrected chi connectivity index (χ3v) is 4.25. The second-order valence-electron chi connectivity index (χ2n) is 5.75. The molecule has 28 heavy (non-hydrogen) atoms. The molecule has 0 aliphatic rings. The van der Waals surface area contributed by atoms with Gasteiger partial charge in [-0.1, -0.05) is 34.1 Å². The van der Waals surface area contributed by atoms with E-state index in [0.29, 0.717) is 22.6 Å². The van der Waals surface area contributed by atoms with E-state index in [2.05, 4.69) is 26.2 Å². The molecule has 0 saturated carbocycles. The Balaban J connectivity index is 1.52. The van der Waals surface area contributed by atoms with E-state index in [4.69, 9.17) is 9.47 Å². The highest BCUT2D eigenvalue weighted by atomic mass is 79.9. The van der Waals surface area contributed by atoms with Crippen molar-refractivity contribution in [3.63, 3.8) is 0 Å². The number of pyridine rings is 1. The zero-order valence-corrected chi connectivity index (χ0v) is 16.4. The molecule has 0 atom stereocenters. The van der Waals surface area contributed by atoms with Gasteiger partial charge in [-0.3, -0.25) is 14.6 Å². The molecule has 0 unspecified atom stereocenters. The summed E-state index contributed by atoms with van der Waals surface area (Å²) in [5.74, 6) is 0.275. The fourth-order valence-electron chi connectivity index (χ4n) is 2.32. The lowest BCUT2D eigenvalue weighted by molar-refractivity contribution is -0.143. The third-order valence-electron chi connectivity index (χ3n) is 3.72. The number of carbonyl (C=O) groups is 2. The Morgan fingerprint density at radius 3 is 2.54 bits per heavy atom. The molecule has 2 aromatic carbocycles. The highest BCUT2D eigenvalue weighted by Gasteiger charge is 2.11. The molecule has 0 radical (unpaired) electrons. The molecule has 0 spiro atoms. The molecular weight excluding hydrogens is 424 g/mol. The van der Waals surface area contributed by atoms with Crippen LogP contribution in [0.15, 0.2) is 77.5 Å². The topological polar surface area (TPSA) is 77.5 Å². The molecule has 1 amide bonds. The van der Waals surface area contributed by atoms with E-state index < -0.39 is 5.97 Å². The van der Waals surface area contributed by atoms with Crippen molar-refractivity contribution in [3.8, 4) is 11.5 Å². The summed E-state index contributed by atoms with van der Waals surface area (Å²) in [6.07, 6.45) is 3.25. The minimum atomic E-state index is -0.540. The fraction of sp³-hybridized carbons (Fsp3) is 0.0952. The highest BCUT2D eigenvalue weighted by Crippen LogP contribution is 2.25. The van der Waals surface area contributed by atoms with Gasteiger partial charge in [-0.25, -0.2) is 0 Å². The van der Waals surface area contributed by atoms with Crippen LogP contribution in [0.4, 0.5) is 0 Å². The number of nitrogens with zero attached hydrogens (tertiary/aromatic N) is 1. The first-order valence-electron chi connectivity index (χ1n) is 8.47. The quantitative estimate of drug-likeness (QED) is 0.559. The molecule has 0 saturated heterocycles. The second-order valence-corrected chi connectivity index (χ2v) is 6.66. The van der Waals surface area contributed by atoms with Gasteiger partial charge >= 0.3 is 5.97 Å². The van der Waals surface area contributed by atoms with E-state index in [-0.39, 0.29) is 19.1 Å². The van der Waals surface area contributed by atoms with Crippen molar-refractivity contribution >= 4 is 27.8 Å². The van der Waals surface area contributed by atoms with Crippen molar-refractivity contribution in [2.45, 2.75) is 6.61 Å². The predicted octanol–water partition coefficient (Wildman–Crippen LogP) is 4.11. The van der Waals surface area contributed by atoms with Crippen LogP contribution in [0.2, 0.25) is 0 Å². The first-order chi connectivity index (χ1) is 13.6. The molecule has 0 aliphatic heterocycles. The van der Waals surface area contributed by atoms with Crippen LogP contribution in [0.25, 0.3) is 0 Å². The first kappa shape index (κ1) is 19.6. The normalized spacial score (nSPS) is 10.2. The molecule has 3 aromatic rings. The molecule has 0 bridgehead atoms. The summed E-state index contributed by atoms with van der Waals surface area (Å²) in [7, 11) is 0. The van der Waals surface area contributed by atoms with Gasteiger partial charge in [0.05, 0.1) is 6.20 Å². The minimum absolute atomic E-state index is 0.0312. The second kappa shape index (κ2) is 9.66.